The smallest absolute Gasteiger partial charge is 0.152 e. The first kappa shape index (κ1) is 23.6. The third-order valence-corrected chi connectivity index (χ3v) is 7.65. The standard InChI is InChI=1S/C31H29N7O/c32-31-30-27(23-7-9-25-19-37(35-28(25)15-23)17-21-4-2-1-3-5-21)16-29(38(30)34-20-33-31)24-8-6-22-10-11-36(12-13-39)18-26(22)14-24/h1-9,14-16,19-20,39H,10-13,17-18H2,(H2,32,33,34). The van der Waals surface area contributed by atoms with E-state index >= 15 is 0 Å². The molecule has 7 rings (SSSR count). The minimum absolute atomic E-state index is 0.173. The predicted molar refractivity (Wildman–Crippen MR) is 153 cm³/mol. The summed E-state index contributed by atoms with van der Waals surface area (Å²) in [6.45, 7) is 3.39. The molecular weight excluding hydrogens is 486 g/mol. The molecule has 0 spiro atoms. The second kappa shape index (κ2) is 9.65. The van der Waals surface area contributed by atoms with Crippen molar-refractivity contribution >= 4 is 22.2 Å². The number of aliphatic hydroxyl groups excluding tert-OH is 1. The molecule has 8 heteroatoms. The number of nitrogens with zero attached hydrogens (tertiary/aromatic N) is 6. The highest BCUT2D eigenvalue weighted by Crippen LogP contribution is 2.36. The number of benzene rings is 3. The number of aromatic nitrogens is 5. The SMILES string of the molecule is Nc1ncnn2c(-c3ccc4c(c3)CN(CCO)CC4)cc(-c3ccc4cn(Cc5ccccc5)nc4c3)c12. The molecule has 1 aliphatic heterocycles. The maximum absolute atomic E-state index is 9.41. The molecule has 8 nitrogen and oxygen atoms in total. The van der Waals surface area contributed by atoms with Gasteiger partial charge in [-0.05, 0) is 46.9 Å². The summed E-state index contributed by atoms with van der Waals surface area (Å²) in [4.78, 5) is 6.60. The molecule has 0 amide bonds. The van der Waals surface area contributed by atoms with Gasteiger partial charge in [0.15, 0.2) is 5.82 Å². The Hall–Kier alpha value is -4.53. The van der Waals surface area contributed by atoms with Crippen molar-refractivity contribution in [3.8, 4) is 22.4 Å². The first-order valence-electron chi connectivity index (χ1n) is 13.3. The Bertz CT molecular complexity index is 1810. The summed E-state index contributed by atoms with van der Waals surface area (Å²) in [5.74, 6) is 0.438. The van der Waals surface area contributed by atoms with Crippen LogP contribution >= 0.6 is 0 Å². The lowest BCUT2D eigenvalue weighted by Crippen LogP contribution is -2.32. The van der Waals surface area contributed by atoms with Crippen LogP contribution in [0.2, 0.25) is 0 Å². The van der Waals surface area contributed by atoms with Crippen LogP contribution in [-0.2, 0) is 19.5 Å². The molecule has 39 heavy (non-hydrogen) atoms. The second-order valence-electron chi connectivity index (χ2n) is 10.2. The van der Waals surface area contributed by atoms with Gasteiger partial charge in [-0.3, -0.25) is 9.58 Å². The average molecular weight is 516 g/mol. The number of hydrogen-bond acceptors (Lipinski definition) is 6. The topological polar surface area (TPSA) is 97.5 Å². The fourth-order valence-electron chi connectivity index (χ4n) is 5.69. The van der Waals surface area contributed by atoms with Crippen molar-refractivity contribution in [1.82, 2.24) is 29.3 Å². The van der Waals surface area contributed by atoms with Crippen molar-refractivity contribution in [2.24, 2.45) is 0 Å². The van der Waals surface area contributed by atoms with Gasteiger partial charge in [-0.2, -0.15) is 10.2 Å². The molecular formula is C31H29N7O. The van der Waals surface area contributed by atoms with E-state index in [0.29, 0.717) is 12.4 Å². The van der Waals surface area contributed by atoms with Gasteiger partial charge < -0.3 is 10.8 Å². The average Bonchev–Trinajstić information content (AvgIpc) is 3.55. The number of hydrogen-bond donors (Lipinski definition) is 2. The molecule has 194 valence electrons. The van der Waals surface area contributed by atoms with Gasteiger partial charge in [0.2, 0.25) is 0 Å². The quantitative estimate of drug-likeness (QED) is 0.341. The minimum Gasteiger partial charge on any atom is -0.395 e. The number of aliphatic hydroxyl groups is 1. The van der Waals surface area contributed by atoms with E-state index in [-0.39, 0.29) is 6.61 Å². The van der Waals surface area contributed by atoms with Gasteiger partial charge in [-0.15, -0.1) is 0 Å². The predicted octanol–water partition coefficient (Wildman–Crippen LogP) is 4.39. The zero-order valence-corrected chi connectivity index (χ0v) is 21.5. The summed E-state index contributed by atoms with van der Waals surface area (Å²) >= 11 is 0. The largest absolute Gasteiger partial charge is 0.395 e. The number of nitrogen functional groups attached to an aromatic ring is 1. The Balaban J connectivity index is 1.30. The molecule has 3 aromatic carbocycles. The molecule has 6 aromatic rings. The van der Waals surface area contributed by atoms with E-state index in [1.807, 2.05) is 27.4 Å². The minimum atomic E-state index is 0.173. The molecule has 0 saturated carbocycles. The van der Waals surface area contributed by atoms with Gasteiger partial charge in [-0.25, -0.2) is 9.50 Å². The highest BCUT2D eigenvalue weighted by molar-refractivity contribution is 5.95. The van der Waals surface area contributed by atoms with Crippen LogP contribution in [0.5, 0.6) is 0 Å². The Labute approximate surface area is 225 Å². The van der Waals surface area contributed by atoms with Crippen LogP contribution in [0.1, 0.15) is 16.7 Å². The maximum atomic E-state index is 9.41. The van der Waals surface area contributed by atoms with Gasteiger partial charge in [0, 0.05) is 42.3 Å². The summed E-state index contributed by atoms with van der Waals surface area (Å²) in [5.41, 5.74) is 16.0. The maximum Gasteiger partial charge on any atom is 0.152 e. The molecule has 3 aromatic heterocycles. The van der Waals surface area contributed by atoms with Crippen LogP contribution in [0.4, 0.5) is 5.82 Å². The fraction of sp³-hybridized carbons (Fsp3) is 0.194. The lowest BCUT2D eigenvalue weighted by atomic mass is 9.96. The van der Waals surface area contributed by atoms with Crippen molar-refractivity contribution in [1.29, 1.82) is 0 Å². The molecule has 0 saturated heterocycles. The normalized spacial score (nSPS) is 13.8. The lowest BCUT2D eigenvalue weighted by molar-refractivity contribution is 0.184. The van der Waals surface area contributed by atoms with E-state index in [9.17, 15) is 5.11 Å². The highest BCUT2D eigenvalue weighted by Gasteiger charge is 2.20. The molecule has 0 bridgehead atoms. The number of fused-ring (bicyclic) bond motifs is 3. The van der Waals surface area contributed by atoms with E-state index < -0.39 is 0 Å². The second-order valence-corrected chi connectivity index (χ2v) is 10.2. The van der Waals surface area contributed by atoms with Gasteiger partial charge in [0.25, 0.3) is 0 Å². The Morgan fingerprint density at radius 3 is 2.67 bits per heavy atom. The van der Waals surface area contributed by atoms with Crippen molar-refractivity contribution in [2.45, 2.75) is 19.5 Å². The number of rotatable bonds is 6. The van der Waals surface area contributed by atoms with E-state index in [1.165, 1.54) is 23.0 Å². The van der Waals surface area contributed by atoms with Gasteiger partial charge in [0.1, 0.15) is 11.8 Å². The van der Waals surface area contributed by atoms with E-state index in [0.717, 1.165) is 64.9 Å². The van der Waals surface area contributed by atoms with E-state index in [1.54, 1.807) is 0 Å². The van der Waals surface area contributed by atoms with Crippen LogP contribution in [0.15, 0.2) is 85.3 Å². The highest BCUT2D eigenvalue weighted by atomic mass is 16.3. The number of β-amino-alcohol motifs (C(OH)–C–C–N with tert-alkyl or cyclic N) is 1. The van der Waals surface area contributed by atoms with Crippen molar-refractivity contribution in [2.75, 3.05) is 25.4 Å². The van der Waals surface area contributed by atoms with Crippen molar-refractivity contribution in [3.63, 3.8) is 0 Å². The van der Waals surface area contributed by atoms with Crippen LogP contribution in [0.25, 0.3) is 38.8 Å². The molecule has 3 N–H and O–H groups in total. The van der Waals surface area contributed by atoms with Crippen LogP contribution < -0.4 is 5.73 Å². The van der Waals surface area contributed by atoms with Gasteiger partial charge >= 0.3 is 0 Å². The van der Waals surface area contributed by atoms with E-state index in [2.05, 4.69) is 75.8 Å². The molecule has 0 unspecified atom stereocenters. The molecule has 1 aliphatic rings. The number of anilines is 1. The third kappa shape index (κ3) is 4.33. The monoisotopic (exact) mass is 515 g/mol. The molecule has 0 aliphatic carbocycles. The first-order chi connectivity index (χ1) is 19.2. The Kier molecular flexibility index (Phi) is 5.83. The van der Waals surface area contributed by atoms with Gasteiger partial charge in [-0.1, -0.05) is 54.6 Å². The number of nitrogens with two attached hydrogens (primary N) is 1. The van der Waals surface area contributed by atoms with Crippen LogP contribution in [0.3, 0.4) is 0 Å². The Morgan fingerprint density at radius 2 is 1.79 bits per heavy atom. The summed E-state index contributed by atoms with van der Waals surface area (Å²) in [6, 6.07) is 25.5. The molecule has 0 radical (unpaired) electrons. The zero-order chi connectivity index (χ0) is 26.3. The molecule has 0 fully saturated rings. The summed E-state index contributed by atoms with van der Waals surface area (Å²) in [6.07, 6.45) is 4.58. The summed E-state index contributed by atoms with van der Waals surface area (Å²) in [5, 5.41) is 20.0. The Morgan fingerprint density at radius 1 is 0.923 bits per heavy atom. The van der Waals surface area contributed by atoms with Crippen molar-refractivity contribution < 1.29 is 5.11 Å². The lowest BCUT2D eigenvalue weighted by Gasteiger charge is -2.28. The van der Waals surface area contributed by atoms with E-state index in [4.69, 9.17) is 10.8 Å². The first-order valence-corrected chi connectivity index (χ1v) is 13.3. The fourth-order valence-corrected chi connectivity index (χ4v) is 5.69. The van der Waals surface area contributed by atoms with Gasteiger partial charge in [0.05, 0.1) is 24.4 Å². The zero-order valence-electron chi connectivity index (χ0n) is 21.5. The molecule has 0 atom stereocenters. The third-order valence-electron chi connectivity index (χ3n) is 7.65. The summed E-state index contributed by atoms with van der Waals surface area (Å²) < 4.78 is 3.88. The summed E-state index contributed by atoms with van der Waals surface area (Å²) in [7, 11) is 0. The molecule has 4 heterocycles. The van der Waals surface area contributed by atoms with Crippen LogP contribution in [0, 0.1) is 0 Å². The van der Waals surface area contributed by atoms with Crippen LogP contribution in [-0.4, -0.2) is 54.1 Å². The van der Waals surface area contributed by atoms with Crippen molar-refractivity contribution in [3.05, 3.63) is 102 Å².